The summed E-state index contributed by atoms with van der Waals surface area (Å²) in [6.07, 6.45) is 1.25. The molecule has 7 nitrogen and oxygen atoms in total. The maximum absolute atomic E-state index is 13.0. The highest BCUT2D eigenvalue weighted by molar-refractivity contribution is 7.96. The first-order chi connectivity index (χ1) is 10.1. The monoisotopic (exact) mass is 404 g/mol. The first kappa shape index (κ1) is 20.8. The zero-order valence-corrected chi connectivity index (χ0v) is 16.1. The number of methoxy groups -OCH3 is 1. The van der Waals surface area contributed by atoms with Crippen molar-refractivity contribution in [2.45, 2.75) is 45.4 Å². The van der Waals surface area contributed by atoms with Gasteiger partial charge in [0.25, 0.3) is 0 Å². The van der Waals surface area contributed by atoms with E-state index in [1.807, 2.05) is 6.92 Å². The molecule has 2 atom stereocenters. The normalized spacial score (nSPS) is 26.3. The quantitative estimate of drug-likeness (QED) is 0.757. The number of ether oxygens (including phenoxy) is 1. The Kier molecular flexibility index (Phi) is 6.29. The molecule has 0 bridgehead atoms. The molecule has 0 aromatic carbocycles. The highest BCUT2D eigenvalue weighted by Gasteiger charge is 2.51. The van der Waals surface area contributed by atoms with E-state index in [-0.39, 0.29) is 33.9 Å². The molecule has 1 aliphatic rings. The Hall–Kier alpha value is -0.230. The van der Waals surface area contributed by atoms with Crippen molar-refractivity contribution in [2.24, 2.45) is 10.9 Å². The van der Waals surface area contributed by atoms with Crippen LogP contribution in [-0.4, -0.2) is 35.3 Å². The van der Waals surface area contributed by atoms with Gasteiger partial charge < -0.3 is 10.5 Å². The summed E-state index contributed by atoms with van der Waals surface area (Å²) in [5, 5.41) is 5.11. The number of hydrogen-bond donors (Lipinski definition) is 2. The number of nitrogens with two attached hydrogens (primary N) is 2. The van der Waals surface area contributed by atoms with Crippen molar-refractivity contribution in [1.82, 2.24) is 0 Å². The fraction of sp³-hybridized carbons (Fsp3) is 0.667. The minimum atomic E-state index is -3.97. The van der Waals surface area contributed by atoms with Gasteiger partial charge in [0, 0.05) is 13.2 Å². The Bertz CT molecular complexity index is 767. The van der Waals surface area contributed by atoms with Crippen molar-refractivity contribution in [3.63, 3.8) is 0 Å². The summed E-state index contributed by atoms with van der Waals surface area (Å²) in [6, 6.07) is 0.715. The van der Waals surface area contributed by atoms with Crippen molar-refractivity contribution < 1.29 is 21.6 Å². The van der Waals surface area contributed by atoms with Crippen LogP contribution in [0.3, 0.4) is 0 Å². The van der Waals surface area contributed by atoms with Crippen LogP contribution in [0.15, 0.2) is 14.5 Å². The maximum Gasteiger partial charge on any atom is 0.247 e. The van der Waals surface area contributed by atoms with E-state index in [2.05, 4.69) is 0 Å². The summed E-state index contributed by atoms with van der Waals surface area (Å²) >= 11 is 0.670. The van der Waals surface area contributed by atoms with Crippen LogP contribution in [0.2, 0.25) is 0 Å². The Balaban J connectivity index is 0.00000264. The Morgan fingerprint density at radius 1 is 1.48 bits per heavy atom. The average Bonchev–Trinajstić information content (AvgIpc) is 2.83. The van der Waals surface area contributed by atoms with Gasteiger partial charge in [-0.15, -0.1) is 23.7 Å². The molecule has 134 valence electrons. The lowest BCUT2D eigenvalue weighted by molar-refractivity contribution is 0.148. The molecule has 1 aromatic heterocycles. The molecule has 0 radical (unpaired) electrons. The van der Waals surface area contributed by atoms with Gasteiger partial charge in [-0.25, -0.2) is 22.0 Å². The van der Waals surface area contributed by atoms with Gasteiger partial charge in [-0.1, -0.05) is 13.3 Å². The van der Waals surface area contributed by atoms with Crippen LogP contribution in [0.1, 0.15) is 37.8 Å². The van der Waals surface area contributed by atoms with E-state index in [0.29, 0.717) is 29.7 Å². The molecule has 0 saturated heterocycles. The molecule has 2 heterocycles. The minimum absolute atomic E-state index is 0. The van der Waals surface area contributed by atoms with E-state index in [4.69, 9.17) is 15.6 Å². The minimum Gasteiger partial charge on any atom is -0.383 e. The number of fused-ring (bicyclic) bond motifs is 1. The van der Waals surface area contributed by atoms with Crippen molar-refractivity contribution in [3.8, 4) is 0 Å². The highest BCUT2D eigenvalue weighted by atomic mass is 35.5. The van der Waals surface area contributed by atoms with Crippen molar-refractivity contribution >= 4 is 43.6 Å². The first-order valence-corrected chi connectivity index (χ1v) is 10.6. The molecule has 1 aromatic rings. The topological polar surface area (TPSA) is 130 Å². The summed E-state index contributed by atoms with van der Waals surface area (Å²) < 4.78 is 52.9. The fourth-order valence-electron chi connectivity index (χ4n) is 2.96. The largest absolute Gasteiger partial charge is 0.383 e. The highest BCUT2D eigenvalue weighted by Crippen LogP contribution is 2.48. The van der Waals surface area contributed by atoms with Crippen LogP contribution in [0.25, 0.3) is 0 Å². The Morgan fingerprint density at radius 2 is 2.09 bits per heavy atom. The second-order valence-corrected chi connectivity index (χ2v) is 10.9. The summed E-state index contributed by atoms with van der Waals surface area (Å²) in [6.45, 7) is 1.91. The van der Waals surface area contributed by atoms with Gasteiger partial charge in [-0.3, -0.25) is 0 Å². The second kappa shape index (κ2) is 6.95. The Morgan fingerprint density at radius 3 is 2.57 bits per heavy atom. The molecule has 0 aliphatic carbocycles. The lowest BCUT2D eigenvalue weighted by atomic mass is 9.92. The van der Waals surface area contributed by atoms with Crippen LogP contribution in [0, 0.1) is 0 Å². The molecule has 0 fully saturated rings. The number of sulfonamides is 1. The maximum atomic E-state index is 13.0. The second-order valence-electron chi connectivity index (χ2n) is 5.53. The van der Waals surface area contributed by atoms with Gasteiger partial charge in [0.05, 0.1) is 6.61 Å². The third kappa shape index (κ3) is 3.44. The molecule has 23 heavy (non-hydrogen) atoms. The molecule has 0 saturated carbocycles. The van der Waals surface area contributed by atoms with Crippen LogP contribution < -0.4 is 10.9 Å². The number of hydrogen-bond acceptors (Lipinski definition) is 7. The smallest absolute Gasteiger partial charge is 0.247 e. The average molecular weight is 405 g/mol. The SMILES string of the molecule is CCCC1(COC)CC(N)c2cc(S(N)(=O)=O)sc2S1(=O)=O.Cl. The third-order valence-electron chi connectivity index (χ3n) is 3.90. The molecule has 2 unspecified atom stereocenters. The molecule has 11 heteroatoms. The van der Waals surface area contributed by atoms with Gasteiger partial charge in [0.2, 0.25) is 10.0 Å². The molecule has 2 rings (SSSR count). The fourth-order valence-corrected chi connectivity index (χ4v) is 8.11. The van der Waals surface area contributed by atoms with Crippen LogP contribution >= 0.6 is 23.7 Å². The molecule has 0 amide bonds. The molecule has 4 N–H and O–H groups in total. The summed E-state index contributed by atoms with van der Waals surface area (Å²) in [7, 11) is -6.27. The van der Waals surface area contributed by atoms with Gasteiger partial charge in [0.15, 0.2) is 9.84 Å². The van der Waals surface area contributed by atoms with E-state index >= 15 is 0 Å². The van der Waals surface area contributed by atoms with Crippen molar-refractivity contribution in [1.29, 1.82) is 0 Å². The van der Waals surface area contributed by atoms with Gasteiger partial charge in [-0.2, -0.15) is 0 Å². The summed E-state index contributed by atoms with van der Waals surface area (Å²) in [5.41, 5.74) is 6.44. The van der Waals surface area contributed by atoms with E-state index < -0.39 is 30.6 Å². The number of thiophene rings is 1. The number of halogens is 1. The first-order valence-electron chi connectivity index (χ1n) is 6.75. The van der Waals surface area contributed by atoms with Crippen molar-refractivity contribution in [2.75, 3.05) is 13.7 Å². The number of rotatable bonds is 5. The van der Waals surface area contributed by atoms with E-state index in [1.54, 1.807) is 0 Å². The van der Waals surface area contributed by atoms with E-state index in [1.165, 1.54) is 13.2 Å². The van der Waals surface area contributed by atoms with Crippen molar-refractivity contribution in [3.05, 3.63) is 11.6 Å². The van der Waals surface area contributed by atoms with E-state index in [0.717, 1.165) is 0 Å². The zero-order valence-electron chi connectivity index (χ0n) is 12.8. The third-order valence-corrected chi connectivity index (χ3v) is 9.53. The lowest BCUT2D eigenvalue weighted by Gasteiger charge is -2.38. The molecule has 1 aliphatic heterocycles. The summed E-state index contributed by atoms with van der Waals surface area (Å²) in [4.78, 5) is 0. The molecule has 0 spiro atoms. The van der Waals surface area contributed by atoms with Gasteiger partial charge >= 0.3 is 0 Å². The van der Waals surface area contributed by atoms with E-state index in [9.17, 15) is 16.8 Å². The standard InChI is InChI=1S/C12H20N2O5S3.ClH/c1-3-4-12(7-19-2)6-9(13)8-5-10(22(14,17)18)20-11(8)21(12,15)16;/h5,9H,3-4,6-7,13H2,1-2H3,(H2,14,17,18);1H. The number of sulfone groups is 1. The predicted octanol–water partition coefficient (Wildman–Crippen LogP) is 1.18. The van der Waals surface area contributed by atoms with Crippen LogP contribution in [0.5, 0.6) is 0 Å². The Labute approximate surface area is 146 Å². The predicted molar refractivity (Wildman–Crippen MR) is 91.2 cm³/mol. The van der Waals surface area contributed by atoms with Crippen LogP contribution in [-0.2, 0) is 24.6 Å². The van der Waals surface area contributed by atoms with Crippen LogP contribution in [0.4, 0.5) is 0 Å². The molecular formula is C12H21ClN2O5S3. The molecular weight excluding hydrogens is 384 g/mol. The zero-order chi connectivity index (χ0) is 16.8. The lowest BCUT2D eigenvalue weighted by Crippen LogP contribution is -2.48. The van der Waals surface area contributed by atoms with Gasteiger partial charge in [-0.05, 0) is 24.5 Å². The summed E-state index contributed by atoms with van der Waals surface area (Å²) in [5.74, 6) is 0. The van der Waals surface area contributed by atoms with Gasteiger partial charge in [0.1, 0.15) is 13.2 Å². The number of primary sulfonamides is 1.